The third-order valence-corrected chi connectivity index (χ3v) is 5.37. The zero-order valence-electron chi connectivity index (χ0n) is 15.0. The second kappa shape index (κ2) is 7.59. The highest BCUT2D eigenvalue weighted by Crippen LogP contribution is 2.40. The first-order valence-corrected chi connectivity index (χ1v) is 9.56. The number of ketones is 1. The number of hydrogen-bond acceptors (Lipinski definition) is 5. The summed E-state index contributed by atoms with van der Waals surface area (Å²) in [7, 11) is 0. The van der Waals surface area contributed by atoms with E-state index in [9.17, 15) is 9.59 Å². The van der Waals surface area contributed by atoms with Crippen molar-refractivity contribution in [3.8, 4) is 11.5 Å². The molecule has 0 aromatic heterocycles. The van der Waals surface area contributed by atoms with E-state index < -0.39 is 12.1 Å². The minimum atomic E-state index is -0.548. The molecule has 1 atom stereocenters. The molecule has 0 bridgehead atoms. The molecule has 4 rings (SSSR count). The molecule has 0 radical (unpaired) electrons. The summed E-state index contributed by atoms with van der Waals surface area (Å²) in [5, 5.41) is 0.825. The van der Waals surface area contributed by atoms with Crippen LogP contribution in [0.2, 0.25) is 10.0 Å². The summed E-state index contributed by atoms with van der Waals surface area (Å²) in [6.07, 6.45) is 2.45. The summed E-state index contributed by atoms with van der Waals surface area (Å²) in [6.45, 7) is 2.29. The van der Waals surface area contributed by atoms with Crippen LogP contribution in [0.25, 0.3) is 6.08 Å². The van der Waals surface area contributed by atoms with E-state index >= 15 is 0 Å². The highest BCUT2D eigenvalue weighted by Gasteiger charge is 2.32. The van der Waals surface area contributed by atoms with E-state index in [1.165, 1.54) is 6.08 Å². The molecular formula is C21H16Cl2O5. The average molecular weight is 419 g/mol. The van der Waals surface area contributed by atoms with Gasteiger partial charge in [-0.1, -0.05) is 29.3 Å². The lowest BCUT2D eigenvalue weighted by Gasteiger charge is -2.12. The molecule has 0 spiro atoms. The Kier molecular flexibility index (Phi) is 5.15. The van der Waals surface area contributed by atoms with Gasteiger partial charge in [-0.05, 0) is 50.1 Å². The summed E-state index contributed by atoms with van der Waals surface area (Å²) >= 11 is 12.4. The SMILES string of the molecule is Cc1c(OC(=O)C2CCCO2)ccc2c1O/C(=C\c1c(Cl)cccc1Cl)C2=O. The van der Waals surface area contributed by atoms with Crippen LogP contribution in [-0.4, -0.2) is 24.5 Å². The van der Waals surface area contributed by atoms with Crippen LogP contribution >= 0.6 is 23.2 Å². The molecule has 144 valence electrons. The largest absolute Gasteiger partial charge is 0.452 e. The second-order valence-electron chi connectivity index (χ2n) is 6.56. The second-order valence-corrected chi connectivity index (χ2v) is 7.38. The number of rotatable bonds is 3. The van der Waals surface area contributed by atoms with Gasteiger partial charge < -0.3 is 14.2 Å². The van der Waals surface area contributed by atoms with Crippen LogP contribution in [0, 0.1) is 6.92 Å². The lowest BCUT2D eigenvalue weighted by Crippen LogP contribution is -2.25. The van der Waals surface area contributed by atoms with E-state index in [-0.39, 0.29) is 11.5 Å². The molecule has 0 saturated carbocycles. The lowest BCUT2D eigenvalue weighted by atomic mass is 10.1. The Morgan fingerprint density at radius 2 is 1.96 bits per heavy atom. The number of esters is 1. The van der Waals surface area contributed by atoms with E-state index in [4.69, 9.17) is 37.4 Å². The maximum absolute atomic E-state index is 12.7. The standard InChI is InChI=1S/C21H16Cl2O5/c1-11-16(28-21(25)17-6-3-9-26-17)8-7-12-19(24)18(27-20(11)12)10-13-14(22)4-2-5-15(13)23/h2,4-5,7-8,10,17H,3,6,9H2,1H3/b18-10-. The maximum Gasteiger partial charge on any atom is 0.340 e. The molecule has 2 aromatic rings. The number of carbonyl (C=O) groups is 2. The van der Waals surface area contributed by atoms with Crippen molar-refractivity contribution >= 4 is 41.0 Å². The van der Waals surface area contributed by atoms with Crippen LogP contribution in [0.15, 0.2) is 36.1 Å². The van der Waals surface area contributed by atoms with E-state index in [0.29, 0.717) is 51.3 Å². The number of carbonyl (C=O) groups excluding carboxylic acids is 2. The zero-order chi connectivity index (χ0) is 19.8. The van der Waals surface area contributed by atoms with Crippen LogP contribution in [-0.2, 0) is 9.53 Å². The van der Waals surface area contributed by atoms with Crippen molar-refractivity contribution < 1.29 is 23.8 Å². The number of Topliss-reactive ketones (excluding diaryl/α,β-unsaturated/α-hetero) is 1. The first-order chi connectivity index (χ1) is 13.5. The van der Waals surface area contributed by atoms with Gasteiger partial charge in [-0.25, -0.2) is 4.79 Å². The molecule has 1 unspecified atom stereocenters. The molecule has 7 heteroatoms. The Balaban J connectivity index is 1.63. The molecule has 0 aliphatic carbocycles. The van der Waals surface area contributed by atoms with Gasteiger partial charge in [0.25, 0.3) is 0 Å². The Morgan fingerprint density at radius 3 is 2.64 bits per heavy atom. The van der Waals surface area contributed by atoms with Crippen LogP contribution < -0.4 is 9.47 Å². The Morgan fingerprint density at radius 1 is 1.21 bits per heavy atom. The third kappa shape index (κ3) is 3.41. The van der Waals surface area contributed by atoms with Gasteiger partial charge >= 0.3 is 5.97 Å². The van der Waals surface area contributed by atoms with Crippen LogP contribution in [0.1, 0.15) is 34.3 Å². The van der Waals surface area contributed by atoms with Crippen LogP contribution in [0.5, 0.6) is 11.5 Å². The highest BCUT2D eigenvalue weighted by atomic mass is 35.5. The topological polar surface area (TPSA) is 61.8 Å². The molecule has 2 aliphatic heterocycles. The van der Waals surface area contributed by atoms with E-state index in [1.54, 1.807) is 37.3 Å². The predicted octanol–water partition coefficient (Wildman–Crippen LogP) is 5.00. The van der Waals surface area contributed by atoms with Gasteiger partial charge in [0.1, 0.15) is 11.5 Å². The molecule has 1 fully saturated rings. The minimum absolute atomic E-state index is 0.107. The van der Waals surface area contributed by atoms with Crippen molar-refractivity contribution in [2.45, 2.75) is 25.9 Å². The van der Waals surface area contributed by atoms with Crippen LogP contribution in [0.3, 0.4) is 0 Å². The maximum atomic E-state index is 12.7. The van der Waals surface area contributed by atoms with Crippen molar-refractivity contribution in [3.63, 3.8) is 0 Å². The number of benzene rings is 2. The molecule has 2 aliphatic rings. The van der Waals surface area contributed by atoms with Gasteiger partial charge in [0.05, 0.1) is 5.56 Å². The van der Waals surface area contributed by atoms with Gasteiger partial charge in [-0.3, -0.25) is 4.79 Å². The van der Waals surface area contributed by atoms with Gasteiger partial charge in [-0.15, -0.1) is 0 Å². The normalized spacial score (nSPS) is 19.6. The van der Waals surface area contributed by atoms with Gasteiger partial charge in [0, 0.05) is 27.8 Å². The van der Waals surface area contributed by atoms with E-state index in [1.807, 2.05) is 0 Å². The molecule has 2 aromatic carbocycles. The Labute approximate surface area is 171 Å². The van der Waals surface area contributed by atoms with Crippen molar-refractivity contribution in [3.05, 3.63) is 62.8 Å². The van der Waals surface area contributed by atoms with E-state index in [2.05, 4.69) is 0 Å². The third-order valence-electron chi connectivity index (χ3n) is 4.71. The smallest absolute Gasteiger partial charge is 0.340 e. The Hall–Kier alpha value is -2.34. The molecule has 5 nitrogen and oxygen atoms in total. The molecule has 1 saturated heterocycles. The highest BCUT2D eigenvalue weighted by molar-refractivity contribution is 6.37. The van der Waals surface area contributed by atoms with Crippen molar-refractivity contribution in [2.24, 2.45) is 0 Å². The summed E-state index contributed by atoms with van der Waals surface area (Å²) in [6, 6.07) is 8.25. The molecule has 28 heavy (non-hydrogen) atoms. The fourth-order valence-electron chi connectivity index (χ4n) is 3.20. The zero-order valence-corrected chi connectivity index (χ0v) is 16.5. The molecule has 0 amide bonds. The average Bonchev–Trinajstić information content (AvgIpc) is 3.30. The molecule has 2 heterocycles. The summed E-state index contributed by atoms with van der Waals surface area (Å²) in [4.78, 5) is 24.9. The summed E-state index contributed by atoms with van der Waals surface area (Å²) < 4.78 is 16.6. The predicted molar refractivity (Wildman–Crippen MR) is 105 cm³/mol. The van der Waals surface area contributed by atoms with Crippen LogP contribution in [0.4, 0.5) is 0 Å². The number of fused-ring (bicyclic) bond motifs is 1. The number of ether oxygens (including phenoxy) is 3. The number of allylic oxidation sites excluding steroid dienone is 1. The monoisotopic (exact) mass is 418 g/mol. The van der Waals surface area contributed by atoms with Crippen molar-refractivity contribution in [2.75, 3.05) is 6.61 Å². The fraction of sp³-hybridized carbons (Fsp3) is 0.238. The quantitative estimate of drug-likeness (QED) is 0.398. The van der Waals surface area contributed by atoms with Gasteiger partial charge in [0.2, 0.25) is 5.78 Å². The van der Waals surface area contributed by atoms with E-state index in [0.717, 1.165) is 6.42 Å². The first-order valence-electron chi connectivity index (χ1n) is 8.81. The minimum Gasteiger partial charge on any atom is -0.452 e. The summed E-state index contributed by atoms with van der Waals surface area (Å²) in [5.74, 6) is 0.0754. The first kappa shape index (κ1) is 19.0. The molecular weight excluding hydrogens is 403 g/mol. The lowest BCUT2D eigenvalue weighted by molar-refractivity contribution is -0.144. The number of halogens is 2. The van der Waals surface area contributed by atoms with Crippen molar-refractivity contribution in [1.82, 2.24) is 0 Å². The summed E-state index contributed by atoms with van der Waals surface area (Å²) in [5.41, 5.74) is 1.46. The van der Waals surface area contributed by atoms with Gasteiger partial charge in [-0.2, -0.15) is 0 Å². The van der Waals surface area contributed by atoms with Gasteiger partial charge in [0.15, 0.2) is 11.9 Å². The number of hydrogen-bond donors (Lipinski definition) is 0. The van der Waals surface area contributed by atoms with Crippen molar-refractivity contribution in [1.29, 1.82) is 0 Å². The molecule has 0 N–H and O–H groups in total. The Bertz CT molecular complexity index is 986. The fourth-order valence-corrected chi connectivity index (χ4v) is 3.70.